The van der Waals surface area contributed by atoms with Crippen LogP contribution < -0.4 is 11.1 Å². The third kappa shape index (κ3) is 2.39. The summed E-state index contributed by atoms with van der Waals surface area (Å²) in [4.78, 5) is 23.2. The van der Waals surface area contributed by atoms with Gasteiger partial charge >= 0.3 is 0 Å². The van der Waals surface area contributed by atoms with Crippen molar-refractivity contribution in [1.82, 2.24) is 0 Å². The Morgan fingerprint density at radius 3 is 2.28 bits per heavy atom. The number of allylic oxidation sites excluding steroid dienone is 3. The molecule has 0 aromatic heterocycles. The lowest BCUT2D eigenvalue weighted by Gasteiger charge is -2.14. The Balaban J connectivity index is 2.33. The summed E-state index contributed by atoms with van der Waals surface area (Å²) < 4.78 is 0. The fraction of sp³-hybridized carbons (Fsp3) is 0. The molecule has 0 heterocycles. The summed E-state index contributed by atoms with van der Waals surface area (Å²) in [6.45, 7) is 0. The van der Waals surface area contributed by atoms with Gasteiger partial charge in [-0.1, -0.05) is 23.2 Å². The highest BCUT2D eigenvalue weighted by atomic mass is 35.5. The van der Waals surface area contributed by atoms with Crippen molar-refractivity contribution in [3.8, 4) is 0 Å². The maximum atomic E-state index is 11.8. The number of Topliss-reactive ketones (excluding diaryl/α,β-unsaturated/α-hetero) is 1. The van der Waals surface area contributed by atoms with Crippen LogP contribution in [0, 0.1) is 0 Å². The molecule has 1 aliphatic rings. The number of ketones is 2. The molecule has 0 radical (unpaired) electrons. The van der Waals surface area contributed by atoms with Crippen LogP contribution in [0.25, 0.3) is 0 Å². The summed E-state index contributed by atoms with van der Waals surface area (Å²) >= 11 is 11.4. The molecule has 0 fully saturated rings. The van der Waals surface area contributed by atoms with E-state index in [0.29, 0.717) is 11.4 Å². The predicted octanol–water partition coefficient (Wildman–Crippen LogP) is 2.41. The Labute approximate surface area is 113 Å². The first-order valence-corrected chi connectivity index (χ1v) is 5.73. The Kier molecular flexibility index (Phi) is 3.41. The maximum absolute atomic E-state index is 11.8. The Morgan fingerprint density at radius 1 is 1.06 bits per heavy atom. The van der Waals surface area contributed by atoms with E-state index in [1.54, 1.807) is 24.3 Å². The fourth-order valence-corrected chi connectivity index (χ4v) is 1.79. The van der Waals surface area contributed by atoms with Crippen molar-refractivity contribution in [3.63, 3.8) is 0 Å². The number of benzene rings is 1. The van der Waals surface area contributed by atoms with Gasteiger partial charge in [0.1, 0.15) is 10.7 Å². The van der Waals surface area contributed by atoms with Gasteiger partial charge in [0, 0.05) is 17.5 Å². The second-order valence-electron chi connectivity index (χ2n) is 3.62. The summed E-state index contributed by atoms with van der Waals surface area (Å²) in [5.74, 6) is -1.02. The first-order valence-electron chi connectivity index (χ1n) is 4.97. The summed E-state index contributed by atoms with van der Waals surface area (Å²) in [5.41, 5.74) is 6.69. The molecule has 0 saturated heterocycles. The first kappa shape index (κ1) is 12.7. The molecule has 0 atom stereocenters. The molecular formula is C12H8Cl2N2O2. The number of nitrogen functional groups attached to an aromatic ring is 1. The number of halogens is 2. The van der Waals surface area contributed by atoms with Gasteiger partial charge in [0.2, 0.25) is 11.6 Å². The monoisotopic (exact) mass is 282 g/mol. The van der Waals surface area contributed by atoms with Crippen LogP contribution in [-0.2, 0) is 9.59 Å². The van der Waals surface area contributed by atoms with E-state index < -0.39 is 11.6 Å². The normalized spacial score (nSPS) is 15.8. The molecule has 1 aliphatic carbocycles. The van der Waals surface area contributed by atoms with Crippen LogP contribution >= 0.6 is 23.2 Å². The van der Waals surface area contributed by atoms with Gasteiger partial charge in [-0.05, 0) is 24.3 Å². The number of carbonyl (C=O) groups excluding carboxylic acids is 2. The number of hydrogen-bond acceptors (Lipinski definition) is 4. The fourth-order valence-electron chi connectivity index (χ4n) is 1.41. The van der Waals surface area contributed by atoms with E-state index in [4.69, 9.17) is 28.9 Å². The van der Waals surface area contributed by atoms with Gasteiger partial charge in [0.15, 0.2) is 0 Å². The predicted molar refractivity (Wildman–Crippen MR) is 71.3 cm³/mol. The molecule has 0 bridgehead atoms. The first-order chi connectivity index (χ1) is 8.49. The molecule has 0 amide bonds. The number of nitrogens with one attached hydrogen (secondary N) is 1. The van der Waals surface area contributed by atoms with Gasteiger partial charge in [-0.2, -0.15) is 0 Å². The second-order valence-corrected chi connectivity index (χ2v) is 4.41. The number of rotatable bonds is 2. The van der Waals surface area contributed by atoms with Gasteiger partial charge in [-0.25, -0.2) is 0 Å². The standard InChI is InChI=1S/C12H8Cl2N2O2/c13-8-5-9(17)10(14)11(12(8)18)16-7-3-1-6(15)2-4-7/h1-5,16H,15H2. The van der Waals surface area contributed by atoms with Crippen molar-refractivity contribution in [3.05, 3.63) is 46.1 Å². The number of anilines is 2. The van der Waals surface area contributed by atoms with Crippen molar-refractivity contribution in [1.29, 1.82) is 0 Å². The summed E-state index contributed by atoms with van der Waals surface area (Å²) in [7, 11) is 0. The lowest BCUT2D eigenvalue weighted by Crippen LogP contribution is -2.20. The molecule has 92 valence electrons. The SMILES string of the molecule is Nc1ccc(NC2=C(Cl)C(=O)C=C(Cl)C2=O)cc1. The summed E-state index contributed by atoms with van der Waals surface area (Å²) in [5, 5.41) is 2.42. The molecule has 18 heavy (non-hydrogen) atoms. The number of hydrogen-bond donors (Lipinski definition) is 2. The van der Waals surface area contributed by atoms with Crippen LogP contribution in [0.3, 0.4) is 0 Å². The Hall–Kier alpha value is -1.78. The molecule has 1 aromatic rings. The van der Waals surface area contributed by atoms with E-state index in [9.17, 15) is 9.59 Å². The van der Waals surface area contributed by atoms with E-state index in [1.807, 2.05) is 0 Å². The van der Waals surface area contributed by atoms with E-state index in [2.05, 4.69) is 5.32 Å². The van der Waals surface area contributed by atoms with Crippen LogP contribution in [-0.4, -0.2) is 11.6 Å². The zero-order valence-corrected chi connectivity index (χ0v) is 10.5. The molecule has 6 heteroatoms. The van der Waals surface area contributed by atoms with Gasteiger partial charge in [-0.3, -0.25) is 9.59 Å². The molecule has 3 N–H and O–H groups in total. The average molecular weight is 283 g/mol. The minimum Gasteiger partial charge on any atom is -0.399 e. The van der Waals surface area contributed by atoms with Crippen molar-refractivity contribution < 1.29 is 9.59 Å². The highest BCUT2D eigenvalue weighted by Crippen LogP contribution is 2.25. The van der Waals surface area contributed by atoms with Crippen molar-refractivity contribution >= 4 is 46.1 Å². The van der Waals surface area contributed by atoms with E-state index in [1.165, 1.54) is 0 Å². The van der Waals surface area contributed by atoms with Crippen molar-refractivity contribution in [2.75, 3.05) is 11.1 Å². The quantitative estimate of drug-likeness (QED) is 0.645. The average Bonchev–Trinajstić information content (AvgIpc) is 2.34. The topological polar surface area (TPSA) is 72.2 Å². The van der Waals surface area contributed by atoms with Crippen LogP contribution in [0.4, 0.5) is 11.4 Å². The van der Waals surface area contributed by atoms with Crippen LogP contribution in [0.1, 0.15) is 0 Å². The molecule has 1 aromatic carbocycles. The zero-order chi connectivity index (χ0) is 13.3. The van der Waals surface area contributed by atoms with Crippen LogP contribution in [0.15, 0.2) is 46.1 Å². The molecule has 0 aliphatic heterocycles. The smallest absolute Gasteiger partial charge is 0.222 e. The minimum absolute atomic E-state index is 0.0288. The number of carbonyl (C=O) groups is 2. The molecule has 4 nitrogen and oxygen atoms in total. The molecule has 0 saturated carbocycles. The summed E-state index contributed by atoms with van der Waals surface area (Å²) in [6, 6.07) is 6.64. The lowest BCUT2D eigenvalue weighted by molar-refractivity contribution is -0.115. The van der Waals surface area contributed by atoms with Crippen LogP contribution in [0.2, 0.25) is 0 Å². The highest BCUT2D eigenvalue weighted by Gasteiger charge is 2.26. The van der Waals surface area contributed by atoms with E-state index in [-0.39, 0.29) is 15.8 Å². The minimum atomic E-state index is -0.516. The lowest BCUT2D eigenvalue weighted by atomic mass is 10.1. The molecular weight excluding hydrogens is 275 g/mol. The van der Waals surface area contributed by atoms with Gasteiger partial charge in [0.05, 0.1) is 5.03 Å². The highest BCUT2D eigenvalue weighted by molar-refractivity contribution is 6.55. The molecule has 0 spiro atoms. The zero-order valence-electron chi connectivity index (χ0n) is 9.04. The Bertz CT molecular complexity index is 589. The van der Waals surface area contributed by atoms with E-state index >= 15 is 0 Å². The second kappa shape index (κ2) is 4.84. The van der Waals surface area contributed by atoms with Crippen molar-refractivity contribution in [2.24, 2.45) is 0 Å². The van der Waals surface area contributed by atoms with Gasteiger partial charge in [-0.15, -0.1) is 0 Å². The van der Waals surface area contributed by atoms with Gasteiger partial charge < -0.3 is 11.1 Å². The van der Waals surface area contributed by atoms with Gasteiger partial charge in [0.25, 0.3) is 0 Å². The largest absolute Gasteiger partial charge is 0.399 e. The summed E-state index contributed by atoms with van der Waals surface area (Å²) in [6.07, 6.45) is 1.00. The van der Waals surface area contributed by atoms with Crippen LogP contribution in [0.5, 0.6) is 0 Å². The molecule has 0 unspecified atom stereocenters. The Morgan fingerprint density at radius 2 is 1.67 bits per heavy atom. The van der Waals surface area contributed by atoms with E-state index in [0.717, 1.165) is 6.08 Å². The third-order valence-electron chi connectivity index (χ3n) is 2.32. The number of nitrogens with two attached hydrogens (primary N) is 1. The maximum Gasteiger partial charge on any atom is 0.222 e. The third-order valence-corrected chi connectivity index (χ3v) is 2.97. The molecule has 2 rings (SSSR count). The van der Waals surface area contributed by atoms with Crippen molar-refractivity contribution in [2.45, 2.75) is 0 Å².